The first-order valence-corrected chi connectivity index (χ1v) is 7.29. The molecule has 23 heavy (non-hydrogen) atoms. The first kappa shape index (κ1) is 18.8. The summed E-state index contributed by atoms with van der Waals surface area (Å²) in [6.45, 7) is 5.55. The Bertz CT molecular complexity index is 585. The number of esters is 1. The summed E-state index contributed by atoms with van der Waals surface area (Å²) >= 11 is 0. The SMILES string of the molecule is CC(C)(C)c1ccccc1C(=O)OCC(O)CC(=O)CC(=O)O. The van der Waals surface area contributed by atoms with E-state index in [9.17, 15) is 19.5 Å². The van der Waals surface area contributed by atoms with E-state index in [0.29, 0.717) is 5.56 Å². The van der Waals surface area contributed by atoms with Gasteiger partial charge in [-0.25, -0.2) is 4.79 Å². The Labute approximate surface area is 135 Å². The van der Waals surface area contributed by atoms with Crippen molar-refractivity contribution < 1.29 is 29.3 Å². The van der Waals surface area contributed by atoms with Crippen LogP contribution in [0.3, 0.4) is 0 Å². The second kappa shape index (κ2) is 7.87. The average Bonchev–Trinajstić information content (AvgIpc) is 2.42. The van der Waals surface area contributed by atoms with Crippen molar-refractivity contribution in [3.8, 4) is 0 Å². The van der Waals surface area contributed by atoms with Crippen LogP contribution >= 0.6 is 0 Å². The van der Waals surface area contributed by atoms with E-state index >= 15 is 0 Å². The minimum absolute atomic E-state index is 0.244. The maximum absolute atomic E-state index is 12.2. The van der Waals surface area contributed by atoms with E-state index < -0.39 is 30.2 Å². The van der Waals surface area contributed by atoms with Crippen molar-refractivity contribution in [1.82, 2.24) is 0 Å². The fourth-order valence-electron chi connectivity index (χ4n) is 2.13. The predicted molar refractivity (Wildman–Crippen MR) is 83.3 cm³/mol. The lowest BCUT2D eigenvalue weighted by Crippen LogP contribution is -2.24. The van der Waals surface area contributed by atoms with Crippen molar-refractivity contribution in [2.24, 2.45) is 0 Å². The highest BCUT2D eigenvalue weighted by molar-refractivity contribution is 5.95. The number of hydrogen-bond donors (Lipinski definition) is 2. The monoisotopic (exact) mass is 322 g/mol. The van der Waals surface area contributed by atoms with Gasteiger partial charge < -0.3 is 14.9 Å². The van der Waals surface area contributed by atoms with Crippen LogP contribution in [0.15, 0.2) is 24.3 Å². The molecule has 6 heteroatoms. The third kappa shape index (κ3) is 6.20. The first-order chi connectivity index (χ1) is 10.6. The zero-order chi connectivity index (χ0) is 17.6. The Balaban J connectivity index is 2.64. The molecule has 0 aliphatic heterocycles. The predicted octanol–water partition coefficient (Wildman–Crippen LogP) is 1.94. The van der Waals surface area contributed by atoms with Crippen LogP contribution in [-0.2, 0) is 19.7 Å². The van der Waals surface area contributed by atoms with Gasteiger partial charge in [-0.05, 0) is 17.0 Å². The van der Waals surface area contributed by atoms with E-state index in [1.54, 1.807) is 12.1 Å². The van der Waals surface area contributed by atoms with E-state index in [-0.39, 0.29) is 18.4 Å². The van der Waals surface area contributed by atoms with Crippen molar-refractivity contribution in [2.45, 2.75) is 45.1 Å². The van der Waals surface area contributed by atoms with Crippen molar-refractivity contribution in [3.63, 3.8) is 0 Å². The lowest BCUT2D eigenvalue weighted by atomic mass is 9.84. The maximum Gasteiger partial charge on any atom is 0.338 e. The Morgan fingerprint density at radius 3 is 2.35 bits per heavy atom. The van der Waals surface area contributed by atoms with Gasteiger partial charge in [-0.3, -0.25) is 9.59 Å². The minimum atomic E-state index is -1.25. The van der Waals surface area contributed by atoms with Gasteiger partial charge in [0.1, 0.15) is 18.8 Å². The molecule has 126 valence electrons. The molecule has 0 heterocycles. The number of carbonyl (C=O) groups is 3. The third-order valence-electron chi connectivity index (χ3n) is 3.17. The zero-order valence-corrected chi connectivity index (χ0v) is 13.5. The molecule has 1 atom stereocenters. The molecule has 1 rings (SSSR count). The smallest absolute Gasteiger partial charge is 0.338 e. The second-order valence-electron chi connectivity index (χ2n) is 6.36. The normalized spacial score (nSPS) is 12.5. The highest BCUT2D eigenvalue weighted by atomic mass is 16.5. The number of carboxylic acid groups (broad SMARTS) is 1. The largest absolute Gasteiger partial charge is 0.481 e. The number of aliphatic carboxylic acids is 1. The van der Waals surface area contributed by atoms with Crippen molar-refractivity contribution >= 4 is 17.7 Å². The Morgan fingerprint density at radius 1 is 1.17 bits per heavy atom. The summed E-state index contributed by atoms with van der Waals surface area (Å²) in [6, 6.07) is 7.03. The number of ketones is 1. The van der Waals surface area contributed by atoms with E-state index in [1.807, 2.05) is 32.9 Å². The van der Waals surface area contributed by atoms with E-state index in [2.05, 4.69) is 0 Å². The van der Waals surface area contributed by atoms with E-state index in [1.165, 1.54) is 0 Å². The van der Waals surface area contributed by atoms with E-state index in [4.69, 9.17) is 9.84 Å². The molecule has 0 aromatic heterocycles. The molecular formula is C17H22O6. The number of carboxylic acids is 1. The minimum Gasteiger partial charge on any atom is -0.481 e. The number of aliphatic hydroxyl groups is 1. The van der Waals surface area contributed by atoms with Crippen LogP contribution in [0.25, 0.3) is 0 Å². The zero-order valence-electron chi connectivity index (χ0n) is 13.5. The Hall–Kier alpha value is -2.21. The molecule has 6 nitrogen and oxygen atoms in total. The van der Waals surface area contributed by atoms with Gasteiger partial charge in [0.2, 0.25) is 0 Å². The highest BCUT2D eigenvalue weighted by Crippen LogP contribution is 2.26. The molecule has 2 N–H and O–H groups in total. The molecule has 1 unspecified atom stereocenters. The summed E-state index contributed by atoms with van der Waals surface area (Å²) in [6.07, 6.45) is -2.23. The number of carbonyl (C=O) groups excluding carboxylic acids is 2. The number of rotatable bonds is 7. The summed E-state index contributed by atoms with van der Waals surface area (Å²) in [5, 5.41) is 18.1. The van der Waals surface area contributed by atoms with Crippen molar-refractivity contribution in [3.05, 3.63) is 35.4 Å². The summed E-state index contributed by atoms with van der Waals surface area (Å²) < 4.78 is 5.04. The van der Waals surface area contributed by atoms with Crippen LogP contribution in [-0.4, -0.2) is 40.6 Å². The number of aliphatic hydroxyl groups excluding tert-OH is 1. The van der Waals surface area contributed by atoms with Gasteiger partial charge in [-0.2, -0.15) is 0 Å². The van der Waals surface area contributed by atoms with Crippen LogP contribution in [0.2, 0.25) is 0 Å². The van der Waals surface area contributed by atoms with Gasteiger partial charge in [-0.1, -0.05) is 39.0 Å². The summed E-state index contributed by atoms with van der Waals surface area (Å²) in [5.41, 5.74) is 0.983. The molecular weight excluding hydrogens is 300 g/mol. The standard InChI is InChI=1S/C17H22O6/c1-17(2,3)14-7-5-4-6-13(14)16(22)23-10-12(19)8-11(18)9-15(20)21/h4-7,12,19H,8-10H2,1-3H3,(H,20,21). The molecule has 1 aromatic rings. The Morgan fingerprint density at radius 2 is 1.78 bits per heavy atom. The molecule has 0 radical (unpaired) electrons. The number of hydrogen-bond acceptors (Lipinski definition) is 5. The first-order valence-electron chi connectivity index (χ1n) is 7.29. The summed E-state index contributed by atoms with van der Waals surface area (Å²) in [5.74, 6) is -2.45. The van der Waals surface area contributed by atoms with Crippen molar-refractivity contribution in [1.29, 1.82) is 0 Å². The van der Waals surface area contributed by atoms with Gasteiger partial charge in [0.15, 0.2) is 0 Å². The molecule has 0 spiro atoms. The van der Waals surface area contributed by atoms with Gasteiger partial charge in [0.05, 0.1) is 11.7 Å². The molecule has 0 aliphatic carbocycles. The molecule has 0 saturated carbocycles. The van der Waals surface area contributed by atoms with Crippen molar-refractivity contribution in [2.75, 3.05) is 6.61 Å². The highest BCUT2D eigenvalue weighted by Gasteiger charge is 2.23. The number of ether oxygens (including phenoxy) is 1. The van der Waals surface area contributed by atoms with Crippen LogP contribution in [0, 0.1) is 0 Å². The topological polar surface area (TPSA) is 101 Å². The van der Waals surface area contributed by atoms with Crippen LogP contribution in [0.4, 0.5) is 0 Å². The third-order valence-corrected chi connectivity index (χ3v) is 3.17. The van der Waals surface area contributed by atoms with Gasteiger partial charge in [0, 0.05) is 6.42 Å². The van der Waals surface area contributed by atoms with Gasteiger partial charge in [-0.15, -0.1) is 0 Å². The summed E-state index contributed by atoms with van der Waals surface area (Å²) in [7, 11) is 0. The molecule has 0 fully saturated rings. The summed E-state index contributed by atoms with van der Waals surface area (Å²) in [4.78, 5) is 33.8. The number of benzene rings is 1. The van der Waals surface area contributed by atoms with Gasteiger partial charge >= 0.3 is 11.9 Å². The average molecular weight is 322 g/mol. The second-order valence-corrected chi connectivity index (χ2v) is 6.36. The molecule has 0 saturated heterocycles. The molecule has 0 amide bonds. The number of Topliss-reactive ketones (excluding diaryl/α,β-unsaturated/α-hetero) is 1. The Kier molecular flexibility index (Phi) is 6.45. The quantitative estimate of drug-likeness (QED) is 0.587. The van der Waals surface area contributed by atoms with E-state index in [0.717, 1.165) is 5.56 Å². The van der Waals surface area contributed by atoms with Crippen LogP contribution < -0.4 is 0 Å². The molecule has 0 bridgehead atoms. The molecule has 1 aromatic carbocycles. The maximum atomic E-state index is 12.2. The lowest BCUT2D eigenvalue weighted by Gasteiger charge is -2.22. The van der Waals surface area contributed by atoms with Crippen LogP contribution in [0.1, 0.15) is 49.5 Å². The molecule has 0 aliphatic rings. The lowest BCUT2D eigenvalue weighted by molar-refractivity contribution is -0.140. The van der Waals surface area contributed by atoms with Crippen LogP contribution in [0.5, 0.6) is 0 Å². The fraction of sp³-hybridized carbons (Fsp3) is 0.471. The fourth-order valence-corrected chi connectivity index (χ4v) is 2.13. The van der Waals surface area contributed by atoms with Gasteiger partial charge in [0.25, 0.3) is 0 Å².